The number of benzene rings is 1. The van der Waals surface area contributed by atoms with Crippen molar-refractivity contribution in [2.45, 2.75) is 13.5 Å². The number of hydrogen-bond donors (Lipinski definition) is 0. The summed E-state index contributed by atoms with van der Waals surface area (Å²) in [5, 5.41) is 18.2. The lowest BCUT2D eigenvalue weighted by molar-refractivity contribution is 0.0437. The molecule has 0 unspecified atom stereocenters. The summed E-state index contributed by atoms with van der Waals surface area (Å²) in [6.45, 7) is 1.60. The van der Waals surface area contributed by atoms with E-state index in [0.29, 0.717) is 11.5 Å². The molecule has 9 nitrogen and oxygen atoms in total. The molecule has 3 aromatic rings. The Morgan fingerprint density at radius 2 is 2.10 bits per heavy atom. The van der Waals surface area contributed by atoms with Crippen molar-refractivity contribution in [2.24, 2.45) is 0 Å². The molecule has 2 heterocycles. The summed E-state index contributed by atoms with van der Waals surface area (Å²) in [5.74, 6) is 0.201. The van der Waals surface area contributed by atoms with Crippen molar-refractivity contribution >= 4 is 5.97 Å². The highest BCUT2D eigenvalue weighted by molar-refractivity contribution is 5.89. The zero-order valence-corrected chi connectivity index (χ0v) is 11.0. The van der Waals surface area contributed by atoms with E-state index in [0.717, 1.165) is 5.69 Å². The summed E-state index contributed by atoms with van der Waals surface area (Å²) in [6, 6.07) is 6.67. The standard InChI is InChI=1S/C12H10N6O3/c1-8-14-15-11(21-8)6-20-12(19)9-2-4-10(5-3-9)18-7-13-16-17-18/h2-5,7H,6H2,1H3. The molecule has 0 fully saturated rings. The number of carbonyl (C=O) groups is 1. The van der Waals surface area contributed by atoms with Gasteiger partial charge < -0.3 is 9.15 Å². The summed E-state index contributed by atoms with van der Waals surface area (Å²) in [5.41, 5.74) is 1.15. The molecule has 0 spiro atoms. The molecular weight excluding hydrogens is 276 g/mol. The Bertz CT molecular complexity index is 735. The SMILES string of the molecule is Cc1nnc(COC(=O)c2ccc(-n3cnnn3)cc2)o1. The van der Waals surface area contributed by atoms with Crippen LogP contribution >= 0.6 is 0 Å². The smallest absolute Gasteiger partial charge is 0.338 e. The Morgan fingerprint density at radius 1 is 1.29 bits per heavy atom. The van der Waals surface area contributed by atoms with Gasteiger partial charge in [0.05, 0.1) is 11.3 Å². The third-order valence-corrected chi connectivity index (χ3v) is 2.61. The Kier molecular flexibility index (Phi) is 3.37. The van der Waals surface area contributed by atoms with E-state index in [-0.39, 0.29) is 12.5 Å². The molecule has 21 heavy (non-hydrogen) atoms. The van der Waals surface area contributed by atoms with Gasteiger partial charge in [-0.15, -0.1) is 15.3 Å². The molecule has 0 saturated heterocycles. The van der Waals surface area contributed by atoms with Gasteiger partial charge in [-0.05, 0) is 34.7 Å². The molecular formula is C12H10N6O3. The summed E-state index contributed by atoms with van der Waals surface area (Å²) >= 11 is 0. The van der Waals surface area contributed by atoms with Gasteiger partial charge in [0.15, 0.2) is 6.61 Å². The van der Waals surface area contributed by atoms with Gasteiger partial charge in [-0.1, -0.05) is 0 Å². The van der Waals surface area contributed by atoms with Crippen LogP contribution in [0, 0.1) is 6.92 Å². The summed E-state index contributed by atoms with van der Waals surface area (Å²) in [6.07, 6.45) is 1.46. The van der Waals surface area contributed by atoms with Gasteiger partial charge in [-0.3, -0.25) is 0 Å². The van der Waals surface area contributed by atoms with Crippen molar-refractivity contribution < 1.29 is 13.9 Å². The highest BCUT2D eigenvalue weighted by atomic mass is 16.5. The zero-order chi connectivity index (χ0) is 14.7. The van der Waals surface area contributed by atoms with Crippen LogP contribution in [0.15, 0.2) is 35.0 Å². The first-order valence-electron chi connectivity index (χ1n) is 6.02. The maximum absolute atomic E-state index is 11.9. The summed E-state index contributed by atoms with van der Waals surface area (Å²) in [4.78, 5) is 11.9. The van der Waals surface area contributed by atoms with Crippen LogP contribution in [0.25, 0.3) is 5.69 Å². The van der Waals surface area contributed by atoms with Crippen LogP contribution in [0.5, 0.6) is 0 Å². The Morgan fingerprint density at radius 3 is 2.71 bits per heavy atom. The molecule has 1 aromatic carbocycles. The van der Waals surface area contributed by atoms with E-state index in [2.05, 4.69) is 25.7 Å². The minimum absolute atomic E-state index is 0.0611. The molecule has 0 bridgehead atoms. The topological polar surface area (TPSA) is 109 Å². The fraction of sp³-hybridized carbons (Fsp3) is 0.167. The van der Waals surface area contributed by atoms with Crippen molar-refractivity contribution in [1.82, 2.24) is 30.4 Å². The van der Waals surface area contributed by atoms with Crippen molar-refractivity contribution in [2.75, 3.05) is 0 Å². The van der Waals surface area contributed by atoms with Crippen LogP contribution in [0.3, 0.4) is 0 Å². The molecule has 0 amide bonds. The van der Waals surface area contributed by atoms with E-state index >= 15 is 0 Å². The molecule has 0 atom stereocenters. The van der Waals surface area contributed by atoms with Crippen molar-refractivity contribution in [1.29, 1.82) is 0 Å². The lowest BCUT2D eigenvalue weighted by atomic mass is 10.2. The van der Waals surface area contributed by atoms with Crippen molar-refractivity contribution in [3.8, 4) is 5.69 Å². The lowest BCUT2D eigenvalue weighted by Crippen LogP contribution is -2.06. The van der Waals surface area contributed by atoms with Crippen molar-refractivity contribution in [3.05, 3.63) is 47.9 Å². The van der Waals surface area contributed by atoms with E-state index < -0.39 is 5.97 Å². The first-order valence-corrected chi connectivity index (χ1v) is 6.02. The van der Waals surface area contributed by atoms with Gasteiger partial charge in [-0.25, -0.2) is 9.48 Å². The van der Waals surface area contributed by atoms with E-state index in [1.165, 1.54) is 11.0 Å². The molecule has 2 aromatic heterocycles. The minimum atomic E-state index is -0.478. The Hall–Kier alpha value is -3.10. The third-order valence-electron chi connectivity index (χ3n) is 2.61. The second kappa shape index (κ2) is 5.49. The number of hydrogen-bond acceptors (Lipinski definition) is 8. The number of ether oxygens (including phenoxy) is 1. The fourth-order valence-corrected chi connectivity index (χ4v) is 1.64. The number of aryl methyl sites for hydroxylation is 1. The Balaban J connectivity index is 1.65. The molecule has 9 heteroatoms. The molecule has 3 rings (SSSR count). The normalized spacial score (nSPS) is 10.5. The summed E-state index contributed by atoms with van der Waals surface area (Å²) in [7, 11) is 0. The van der Waals surface area contributed by atoms with Crippen LogP contribution in [0.1, 0.15) is 22.1 Å². The van der Waals surface area contributed by atoms with E-state index in [1.807, 2.05) is 0 Å². The quantitative estimate of drug-likeness (QED) is 0.645. The van der Waals surface area contributed by atoms with E-state index in [1.54, 1.807) is 31.2 Å². The first-order chi connectivity index (χ1) is 10.2. The maximum atomic E-state index is 11.9. The van der Waals surface area contributed by atoms with Crippen LogP contribution in [0.2, 0.25) is 0 Å². The maximum Gasteiger partial charge on any atom is 0.338 e. The molecule has 0 saturated carbocycles. The number of esters is 1. The van der Waals surface area contributed by atoms with Crippen LogP contribution < -0.4 is 0 Å². The largest absolute Gasteiger partial charge is 0.452 e. The second-order valence-electron chi connectivity index (χ2n) is 4.09. The molecule has 0 N–H and O–H groups in total. The predicted molar refractivity (Wildman–Crippen MR) is 67.3 cm³/mol. The number of rotatable bonds is 4. The van der Waals surface area contributed by atoms with E-state index in [4.69, 9.17) is 9.15 Å². The predicted octanol–water partition coefficient (Wildman–Crippen LogP) is 0.711. The highest BCUT2D eigenvalue weighted by Gasteiger charge is 2.10. The highest BCUT2D eigenvalue weighted by Crippen LogP contribution is 2.10. The molecule has 0 radical (unpaired) electrons. The van der Waals surface area contributed by atoms with Gasteiger partial charge in [0, 0.05) is 6.92 Å². The van der Waals surface area contributed by atoms with Gasteiger partial charge >= 0.3 is 5.97 Å². The van der Waals surface area contributed by atoms with Crippen molar-refractivity contribution in [3.63, 3.8) is 0 Å². The molecule has 0 aliphatic rings. The van der Waals surface area contributed by atoms with E-state index in [9.17, 15) is 4.79 Å². The summed E-state index contributed by atoms with van der Waals surface area (Å²) < 4.78 is 11.7. The average Bonchev–Trinajstić information content (AvgIpc) is 3.16. The molecule has 106 valence electrons. The van der Waals surface area contributed by atoms with Crippen LogP contribution in [-0.2, 0) is 11.3 Å². The third kappa shape index (κ3) is 2.91. The minimum Gasteiger partial charge on any atom is -0.452 e. The van der Waals surface area contributed by atoms with Gasteiger partial charge in [-0.2, -0.15) is 0 Å². The number of nitrogens with zero attached hydrogens (tertiary/aromatic N) is 6. The van der Waals surface area contributed by atoms with Gasteiger partial charge in [0.2, 0.25) is 5.89 Å². The number of carbonyl (C=O) groups excluding carboxylic acids is 1. The monoisotopic (exact) mass is 286 g/mol. The average molecular weight is 286 g/mol. The van der Waals surface area contributed by atoms with Gasteiger partial charge in [0.25, 0.3) is 5.89 Å². The lowest BCUT2D eigenvalue weighted by Gasteiger charge is -2.03. The number of tetrazole rings is 1. The first kappa shape index (κ1) is 12.9. The van der Waals surface area contributed by atoms with Crippen LogP contribution in [0.4, 0.5) is 0 Å². The van der Waals surface area contributed by atoms with Gasteiger partial charge in [0.1, 0.15) is 6.33 Å². The molecule has 0 aliphatic heterocycles. The fourth-order valence-electron chi connectivity index (χ4n) is 1.64. The molecule has 0 aliphatic carbocycles. The number of aromatic nitrogens is 6. The van der Waals surface area contributed by atoms with Crippen LogP contribution in [-0.4, -0.2) is 36.4 Å². The Labute approximate surface area is 118 Å². The second-order valence-corrected chi connectivity index (χ2v) is 4.09. The zero-order valence-electron chi connectivity index (χ0n) is 11.0.